The minimum Gasteiger partial charge on any atom is -0.378 e. The fourth-order valence-corrected chi connectivity index (χ4v) is 2.64. The number of thiazole rings is 1. The smallest absolute Gasteiger partial charge is 0.119 e. The van der Waals surface area contributed by atoms with Crippen molar-refractivity contribution >= 4 is 11.3 Å². The summed E-state index contributed by atoms with van der Waals surface area (Å²) in [4.78, 5) is 4.50. The fourth-order valence-electron chi connectivity index (χ4n) is 1.80. The van der Waals surface area contributed by atoms with Gasteiger partial charge in [0, 0.05) is 12.5 Å². The molecule has 78 valence electrons. The van der Waals surface area contributed by atoms with Gasteiger partial charge in [-0.05, 0) is 11.8 Å². The second-order valence-corrected chi connectivity index (χ2v) is 5.53. The molecule has 2 N–H and O–H groups in total. The van der Waals surface area contributed by atoms with Crippen LogP contribution in [-0.2, 0) is 16.9 Å². The van der Waals surface area contributed by atoms with Gasteiger partial charge >= 0.3 is 0 Å². The van der Waals surface area contributed by atoms with Gasteiger partial charge in [-0.3, -0.25) is 0 Å². The van der Waals surface area contributed by atoms with Crippen LogP contribution in [0.5, 0.6) is 0 Å². The monoisotopic (exact) mass is 212 g/mol. The molecular formula is C10H16N2OS. The summed E-state index contributed by atoms with van der Waals surface area (Å²) in [7, 11) is 1.68. The molecule has 3 nitrogen and oxygen atoms in total. The predicted octanol–water partition coefficient (Wildman–Crippen LogP) is 1.87. The number of rotatable bonds is 3. The first kappa shape index (κ1) is 10.1. The van der Waals surface area contributed by atoms with Crippen LogP contribution in [0.2, 0.25) is 0 Å². The average molecular weight is 212 g/mol. The lowest BCUT2D eigenvalue weighted by Gasteiger charge is -2.11. The van der Waals surface area contributed by atoms with Crippen LogP contribution >= 0.6 is 11.3 Å². The number of nitrogens with zero attached hydrogens (tertiary/aromatic N) is 1. The van der Waals surface area contributed by atoms with E-state index in [9.17, 15) is 0 Å². The lowest BCUT2D eigenvalue weighted by atomic mass is 10.0. The number of hydrogen-bond acceptors (Lipinski definition) is 4. The largest absolute Gasteiger partial charge is 0.378 e. The Morgan fingerprint density at radius 1 is 1.64 bits per heavy atom. The summed E-state index contributed by atoms with van der Waals surface area (Å²) in [5, 5.41) is 3.07. The van der Waals surface area contributed by atoms with E-state index in [0.29, 0.717) is 6.61 Å². The lowest BCUT2D eigenvalue weighted by Crippen LogP contribution is -2.25. The minimum absolute atomic E-state index is 0.199. The van der Waals surface area contributed by atoms with E-state index in [-0.39, 0.29) is 11.0 Å². The molecule has 1 atom stereocenters. The van der Waals surface area contributed by atoms with E-state index in [4.69, 9.17) is 10.5 Å². The first-order valence-electron chi connectivity index (χ1n) is 4.72. The highest BCUT2D eigenvalue weighted by atomic mass is 32.1. The Kier molecular flexibility index (Phi) is 2.17. The van der Waals surface area contributed by atoms with Crippen molar-refractivity contribution in [2.45, 2.75) is 32.4 Å². The zero-order valence-electron chi connectivity index (χ0n) is 8.83. The van der Waals surface area contributed by atoms with E-state index in [1.165, 1.54) is 0 Å². The molecule has 0 saturated heterocycles. The highest BCUT2D eigenvalue weighted by Crippen LogP contribution is 2.60. The normalized spacial score (nSPS) is 29.1. The van der Waals surface area contributed by atoms with E-state index in [0.717, 1.165) is 17.1 Å². The number of ether oxygens (including phenoxy) is 1. The van der Waals surface area contributed by atoms with Gasteiger partial charge in [-0.2, -0.15) is 0 Å². The number of aromatic nitrogens is 1. The maximum atomic E-state index is 6.26. The van der Waals surface area contributed by atoms with Crippen LogP contribution in [0.3, 0.4) is 0 Å². The van der Waals surface area contributed by atoms with E-state index in [1.807, 2.05) is 0 Å². The molecule has 0 amide bonds. The van der Waals surface area contributed by atoms with Gasteiger partial charge in [0.1, 0.15) is 5.01 Å². The molecule has 0 spiro atoms. The lowest BCUT2D eigenvalue weighted by molar-refractivity contribution is 0.184. The third kappa shape index (κ3) is 1.38. The van der Waals surface area contributed by atoms with Gasteiger partial charge in [-0.25, -0.2) is 4.98 Å². The Balaban J connectivity index is 2.19. The minimum atomic E-state index is -0.199. The van der Waals surface area contributed by atoms with Crippen molar-refractivity contribution in [1.82, 2.24) is 4.98 Å². The highest BCUT2D eigenvalue weighted by molar-refractivity contribution is 7.09. The van der Waals surface area contributed by atoms with E-state index in [2.05, 4.69) is 24.2 Å². The quantitative estimate of drug-likeness (QED) is 0.832. The van der Waals surface area contributed by atoms with Crippen LogP contribution in [0.15, 0.2) is 5.38 Å². The summed E-state index contributed by atoms with van der Waals surface area (Å²) in [6.45, 7) is 4.95. The van der Waals surface area contributed by atoms with Crippen molar-refractivity contribution in [3.8, 4) is 0 Å². The summed E-state index contributed by atoms with van der Waals surface area (Å²) < 4.78 is 5.03. The number of nitrogens with two attached hydrogens (primary N) is 1. The fraction of sp³-hybridized carbons (Fsp3) is 0.700. The van der Waals surface area contributed by atoms with Gasteiger partial charge in [-0.15, -0.1) is 11.3 Å². The van der Waals surface area contributed by atoms with Gasteiger partial charge in [0.25, 0.3) is 0 Å². The third-order valence-corrected chi connectivity index (χ3v) is 3.90. The van der Waals surface area contributed by atoms with Crippen LogP contribution in [0.4, 0.5) is 0 Å². The van der Waals surface area contributed by atoms with Crippen LogP contribution in [-0.4, -0.2) is 12.1 Å². The zero-order valence-corrected chi connectivity index (χ0v) is 9.65. The second-order valence-electron chi connectivity index (χ2n) is 4.59. The summed E-state index contributed by atoms with van der Waals surface area (Å²) in [5.74, 6) is 0. The Bertz CT molecular complexity index is 348. The molecule has 4 heteroatoms. The first-order valence-corrected chi connectivity index (χ1v) is 5.60. The Hall–Kier alpha value is -0.450. The van der Waals surface area contributed by atoms with Gasteiger partial charge < -0.3 is 10.5 Å². The van der Waals surface area contributed by atoms with Gasteiger partial charge in [-0.1, -0.05) is 13.8 Å². The van der Waals surface area contributed by atoms with Crippen LogP contribution in [0, 0.1) is 5.41 Å². The average Bonchev–Trinajstić information content (AvgIpc) is 2.51. The maximum Gasteiger partial charge on any atom is 0.119 e. The van der Waals surface area contributed by atoms with E-state index < -0.39 is 0 Å². The highest BCUT2D eigenvalue weighted by Gasteiger charge is 2.60. The third-order valence-electron chi connectivity index (χ3n) is 3.08. The molecule has 0 bridgehead atoms. The Morgan fingerprint density at radius 2 is 2.29 bits per heavy atom. The molecule has 1 unspecified atom stereocenters. The molecule has 1 aliphatic rings. The van der Waals surface area contributed by atoms with Crippen molar-refractivity contribution in [3.05, 3.63) is 16.1 Å². The molecule has 14 heavy (non-hydrogen) atoms. The van der Waals surface area contributed by atoms with Crippen molar-refractivity contribution in [3.63, 3.8) is 0 Å². The summed E-state index contributed by atoms with van der Waals surface area (Å²) >= 11 is 1.63. The number of hydrogen-bond donors (Lipinski definition) is 1. The second kappa shape index (κ2) is 3.02. The molecule has 2 rings (SSSR count). The number of methoxy groups -OCH3 is 1. The zero-order chi connectivity index (χ0) is 10.4. The van der Waals surface area contributed by atoms with Crippen LogP contribution < -0.4 is 5.73 Å². The van der Waals surface area contributed by atoms with Gasteiger partial charge in [0.05, 0.1) is 17.8 Å². The van der Waals surface area contributed by atoms with Crippen molar-refractivity contribution in [2.75, 3.05) is 7.11 Å². The van der Waals surface area contributed by atoms with Crippen LogP contribution in [0.1, 0.15) is 31.0 Å². The van der Waals surface area contributed by atoms with Crippen molar-refractivity contribution < 1.29 is 4.74 Å². The van der Waals surface area contributed by atoms with Crippen molar-refractivity contribution in [2.24, 2.45) is 11.1 Å². The summed E-state index contributed by atoms with van der Waals surface area (Å²) in [6, 6.07) is 0. The van der Waals surface area contributed by atoms with Gasteiger partial charge in [0.2, 0.25) is 0 Å². The van der Waals surface area contributed by atoms with E-state index >= 15 is 0 Å². The topological polar surface area (TPSA) is 48.1 Å². The molecule has 1 saturated carbocycles. The Labute approximate surface area is 88.3 Å². The molecule has 0 aromatic carbocycles. The Morgan fingerprint density at radius 3 is 2.79 bits per heavy atom. The molecule has 1 aliphatic carbocycles. The standard InChI is InChI=1S/C10H16N2OS/c1-9(2)6-10(9,11)7-5-14-8(12-7)4-13-3/h5H,4,6,11H2,1-3H3. The molecule has 1 fully saturated rings. The van der Waals surface area contributed by atoms with Gasteiger partial charge in [0.15, 0.2) is 0 Å². The summed E-state index contributed by atoms with van der Waals surface area (Å²) in [5.41, 5.74) is 7.29. The summed E-state index contributed by atoms with van der Waals surface area (Å²) in [6.07, 6.45) is 1.02. The predicted molar refractivity (Wildman–Crippen MR) is 57.1 cm³/mol. The molecule has 1 aromatic rings. The molecular weight excluding hydrogens is 196 g/mol. The molecule has 1 heterocycles. The van der Waals surface area contributed by atoms with E-state index in [1.54, 1.807) is 18.4 Å². The SMILES string of the molecule is COCc1nc(C2(N)CC2(C)C)cs1. The van der Waals surface area contributed by atoms with Crippen molar-refractivity contribution in [1.29, 1.82) is 0 Å². The first-order chi connectivity index (χ1) is 6.49. The molecule has 0 radical (unpaired) electrons. The van der Waals surface area contributed by atoms with Crippen LogP contribution in [0.25, 0.3) is 0 Å². The molecule has 1 aromatic heterocycles. The molecule has 0 aliphatic heterocycles. The maximum absolute atomic E-state index is 6.26.